The molecule has 0 spiro atoms. The molecule has 1 aliphatic heterocycles. The molecule has 0 bridgehead atoms. The molecule has 6 nitrogen and oxygen atoms in total. The van der Waals surface area contributed by atoms with Crippen molar-refractivity contribution >= 4 is 41.5 Å². The third-order valence-electron chi connectivity index (χ3n) is 4.52. The zero-order valence-electron chi connectivity index (χ0n) is 16.1. The summed E-state index contributed by atoms with van der Waals surface area (Å²) >= 11 is 6.07. The molecule has 0 aliphatic carbocycles. The summed E-state index contributed by atoms with van der Waals surface area (Å²) in [5.41, 5.74) is 1.23. The number of aliphatic imine (C=N–C) groups is 1. The highest BCUT2D eigenvalue weighted by atomic mass is 127. The van der Waals surface area contributed by atoms with Gasteiger partial charge in [-0.05, 0) is 36.8 Å². The van der Waals surface area contributed by atoms with Gasteiger partial charge in [-0.25, -0.2) is 4.99 Å². The minimum absolute atomic E-state index is 0. The molecule has 28 heavy (non-hydrogen) atoms. The molecule has 2 heterocycles. The van der Waals surface area contributed by atoms with Crippen LogP contribution in [-0.2, 0) is 11.3 Å². The number of guanidine groups is 1. The van der Waals surface area contributed by atoms with Crippen molar-refractivity contribution in [2.75, 3.05) is 39.4 Å². The van der Waals surface area contributed by atoms with Crippen LogP contribution in [-0.4, -0.2) is 50.3 Å². The summed E-state index contributed by atoms with van der Waals surface area (Å²) < 4.78 is 10.9. The molecule has 2 N–H and O–H groups in total. The zero-order valence-corrected chi connectivity index (χ0v) is 19.2. The molecule has 1 aliphatic rings. The normalized spacial score (nSPS) is 16.3. The molecule has 3 rings (SSSR count). The lowest BCUT2D eigenvalue weighted by atomic mass is 10.0. The summed E-state index contributed by atoms with van der Waals surface area (Å²) in [7, 11) is 0. The standard InChI is InChI=1S/C20H27ClN4O2.HI/c1-2-22-20(23-14-18-4-3-11-27-18)24-15-19(25-9-12-26-13-10-25)16-5-7-17(21)8-6-16;/h3-8,11,19H,2,9-10,12-15H2,1H3,(H2,22,23,24);1H. The summed E-state index contributed by atoms with van der Waals surface area (Å²) in [4.78, 5) is 7.06. The maximum Gasteiger partial charge on any atom is 0.191 e. The maximum atomic E-state index is 6.07. The second kappa shape index (κ2) is 12.3. The van der Waals surface area contributed by atoms with Crippen LogP contribution in [0.5, 0.6) is 0 Å². The van der Waals surface area contributed by atoms with E-state index in [1.54, 1.807) is 6.26 Å². The Bertz CT molecular complexity index is 704. The lowest BCUT2D eigenvalue weighted by molar-refractivity contribution is 0.0170. The largest absolute Gasteiger partial charge is 0.467 e. The average molecular weight is 519 g/mol. The minimum atomic E-state index is 0. The van der Waals surface area contributed by atoms with Crippen LogP contribution < -0.4 is 10.6 Å². The fourth-order valence-corrected chi connectivity index (χ4v) is 3.25. The topological polar surface area (TPSA) is 62.0 Å². The third kappa shape index (κ3) is 6.95. The van der Waals surface area contributed by atoms with Gasteiger partial charge in [-0.2, -0.15) is 0 Å². The molecule has 0 radical (unpaired) electrons. The fourth-order valence-electron chi connectivity index (χ4n) is 3.13. The van der Waals surface area contributed by atoms with E-state index in [1.165, 1.54) is 5.56 Å². The second-order valence-electron chi connectivity index (χ2n) is 6.37. The van der Waals surface area contributed by atoms with Crippen molar-refractivity contribution in [2.45, 2.75) is 19.5 Å². The monoisotopic (exact) mass is 518 g/mol. The summed E-state index contributed by atoms with van der Waals surface area (Å²) in [6.45, 7) is 7.45. The van der Waals surface area contributed by atoms with Crippen LogP contribution in [0.1, 0.15) is 24.3 Å². The van der Waals surface area contributed by atoms with Gasteiger partial charge >= 0.3 is 0 Å². The molecule has 1 saturated heterocycles. The number of nitrogens with zero attached hydrogens (tertiary/aromatic N) is 2. The van der Waals surface area contributed by atoms with Crippen molar-refractivity contribution < 1.29 is 9.15 Å². The van der Waals surface area contributed by atoms with E-state index in [1.807, 2.05) is 24.3 Å². The molecule has 1 fully saturated rings. The van der Waals surface area contributed by atoms with E-state index in [0.717, 1.165) is 56.1 Å². The number of rotatable bonds is 7. The number of ether oxygens (including phenoxy) is 1. The van der Waals surface area contributed by atoms with Crippen molar-refractivity contribution in [1.82, 2.24) is 15.5 Å². The molecular weight excluding hydrogens is 491 g/mol. The predicted octanol–water partition coefficient (Wildman–Crippen LogP) is 3.68. The van der Waals surface area contributed by atoms with E-state index in [0.29, 0.717) is 6.54 Å². The van der Waals surface area contributed by atoms with Gasteiger partial charge in [-0.15, -0.1) is 24.0 Å². The summed E-state index contributed by atoms with van der Waals surface area (Å²) in [5.74, 6) is 1.62. The first-order valence-corrected chi connectivity index (χ1v) is 9.76. The zero-order chi connectivity index (χ0) is 18.9. The van der Waals surface area contributed by atoms with Gasteiger partial charge in [-0.1, -0.05) is 23.7 Å². The van der Waals surface area contributed by atoms with E-state index in [9.17, 15) is 0 Å². The molecule has 2 aromatic rings. The Labute approximate surface area is 188 Å². The third-order valence-corrected chi connectivity index (χ3v) is 4.77. The van der Waals surface area contributed by atoms with Crippen LogP contribution in [0, 0.1) is 0 Å². The van der Waals surface area contributed by atoms with Gasteiger partial charge in [0, 0.05) is 31.2 Å². The van der Waals surface area contributed by atoms with Crippen molar-refractivity contribution in [3.05, 3.63) is 59.0 Å². The van der Waals surface area contributed by atoms with Crippen molar-refractivity contribution in [3.8, 4) is 0 Å². The lowest BCUT2D eigenvalue weighted by Gasteiger charge is -2.35. The van der Waals surface area contributed by atoms with E-state index < -0.39 is 0 Å². The van der Waals surface area contributed by atoms with Gasteiger partial charge < -0.3 is 19.8 Å². The second-order valence-corrected chi connectivity index (χ2v) is 6.81. The van der Waals surface area contributed by atoms with Crippen molar-refractivity contribution in [3.63, 3.8) is 0 Å². The SMILES string of the molecule is CCNC(=NCc1ccco1)NCC(c1ccc(Cl)cc1)N1CCOCC1.I. The number of nitrogens with one attached hydrogen (secondary N) is 2. The smallest absolute Gasteiger partial charge is 0.191 e. The number of benzene rings is 1. The van der Waals surface area contributed by atoms with Crippen LogP contribution in [0.25, 0.3) is 0 Å². The predicted molar refractivity (Wildman–Crippen MR) is 124 cm³/mol. The number of halogens is 2. The van der Waals surface area contributed by atoms with Crippen LogP contribution >= 0.6 is 35.6 Å². The highest BCUT2D eigenvalue weighted by Gasteiger charge is 2.23. The van der Waals surface area contributed by atoms with Gasteiger partial charge in [0.2, 0.25) is 0 Å². The number of hydrogen-bond donors (Lipinski definition) is 2. The highest BCUT2D eigenvalue weighted by Crippen LogP contribution is 2.23. The first-order valence-electron chi connectivity index (χ1n) is 9.38. The van der Waals surface area contributed by atoms with Crippen LogP contribution in [0.4, 0.5) is 0 Å². The van der Waals surface area contributed by atoms with E-state index >= 15 is 0 Å². The van der Waals surface area contributed by atoms with Crippen LogP contribution in [0.15, 0.2) is 52.1 Å². The molecule has 1 aromatic heterocycles. The average Bonchev–Trinajstić information content (AvgIpc) is 3.22. The first-order chi connectivity index (χ1) is 13.3. The molecule has 154 valence electrons. The molecule has 8 heteroatoms. The number of hydrogen-bond acceptors (Lipinski definition) is 4. The maximum absolute atomic E-state index is 6.07. The Morgan fingerprint density at radius 1 is 1.18 bits per heavy atom. The van der Waals surface area contributed by atoms with E-state index in [4.69, 9.17) is 20.8 Å². The van der Waals surface area contributed by atoms with Crippen molar-refractivity contribution in [2.24, 2.45) is 4.99 Å². The minimum Gasteiger partial charge on any atom is -0.467 e. The Kier molecular flexibility index (Phi) is 10.1. The lowest BCUT2D eigenvalue weighted by Crippen LogP contribution is -2.46. The van der Waals surface area contributed by atoms with Gasteiger partial charge in [-0.3, -0.25) is 4.90 Å². The van der Waals surface area contributed by atoms with E-state index in [2.05, 4.69) is 39.6 Å². The van der Waals surface area contributed by atoms with Gasteiger partial charge in [0.15, 0.2) is 5.96 Å². The van der Waals surface area contributed by atoms with Crippen LogP contribution in [0.3, 0.4) is 0 Å². The Morgan fingerprint density at radius 3 is 2.57 bits per heavy atom. The molecule has 1 unspecified atom stereocenters. The summed E-state index contributed by atoms with van der Waals surface area (Å²) in [5, 5.41) is 7.52. The summed E-state index contributed by atoms with van der Waals surface area (Å²) in [6.07, 6.45) is 1.67. The number of furan rings is 1. The molecule has 1 aromatic carbocycles. The Hall–Kier alpha value is -1.29. The van der Waals surface area contributed by atoms with Gasteiger partial charge in [0.1, 0.15) is 12.3 Å². The summed E-state index contributed by atoms with van der Waals surface area (Å²) in [6, 6.07) is 12.1. The quantitative estimate of drug-likeness (QED) is 0.333. The molecule has 1 atom stereocenters. The van der Waals surface area contributed by atoms with E-state index in [-0.39, 0.29) is 30.0 Å². The molecule has 0 amide bonds. The van der Waals surface area contributed by atoms with Gasteiger partial charge in [0.05, 0.1) is 25.5 Å². The Balaban J connectivity index is 0.00000280. The molecular formula is C20H28ClIN4O2. The molecule has 0 saturated carbocycles. The first kappa shape index (κ1) is 23.0. The highest BCUT2D eigenvalue weighted by molar-refractivity contribution is 14.0. The van der Waals surface area contributed by atoms with Crippen LogP contribution in [0.2, 0.25) is 5.02 Å². The fraction of sp³-hybridized carbons (Fsp3) is 0.450. The number of morpholine rings is 1. The van der Waals surface area contributed by atoms with Gasteiger partial charge in [0.25, 0.3) is 0 Å². The Morgan fingerprint density at radius 2 is 1.93 bits per heavy atom. The van der Waals surface area contributed by atoms with Crippen molar-refractivity contribution in [1.29, 1.82) is 0 Å².